The van der Waals surface area contributed by atoms with E-state index in [0.717, 1.165) is 0 Å². The number of allylic oxidation sites excluding steroid dienone is 1. The van der Waals surface area contributed by atoms with Crippen LogP contribution < -0.4 is 4.74 Å². The summed E-state index contributed by atoms with van der Waals surface area (Å²) in [6.07, 6.45) is 4.60. The highest BCUT2D eigenvalue weighted by Gasteiger charge is 2.07. The molecule has 13 heavy (non-hydrogen) atoms. The van der Waals surface area contributed by atoms with Gasteiger partial charge in [-0.2, -0.15) is 0 Å². The van der Waals surface area contributed by atoms with Crippen LogP contribution in [0.3, 0.4) is 0 Å². The van der Waals surface area contributed by atoms with Crippen molar-refractivity contribution in [3.63, 3.8) is 0 Å². The molecule has 1 N–H and O–H groups in total. The molecule has 0 amide bonds. The second-order valence-corrected chi connectivity index (χ2v) is 2.70. The molecule has 0 unspecified atom stereocenters. The number of Topliss-reactive ketones (excluding diaryl/α,β-unsaturated/α-hetero) is 1. The number of ketones is 1. The summed E-state index contributed by atoms with van der Waals surface area (Å²) in [5, 5.41) is 0. The van der Waals surface area contributed by atoms with Gasteiger partial charge >= 0.3 is 0 Å². The van der Waals surface area contributed by atoms with Gasteiger partial charge in [0.05, 0.1) is 12.8 Å². The fraction of sp³-hybridized carbons (Fsp3) is 0.300. The van der Waals surface area contributed by atoms with Crippen LogP contribution >= 0.6 is 0 Å². The average molecular weight is 179 g/mol. The van der Waals surface area contributed by atoms with E-state index in [1.54, 1.807) is 25.4 Å². The van der Waals surface area contributed by atoms with Crippen molar-refractivity contribution in [2.45, 2.75) is 12.8 Å². The molecule has 1 rings (SSSR count). The fourth-order valence-corrected chi connectivity index (χ4v) is 1.02. The monoisotopic (exact) mass is 179 g/mol. The highest BCUT2D eigenvalue weighted by atomic mass is 16.5. The summed E-state index contributed by atoms with van der Waals surface area (Å²) in [4.78, 5) is 14.3. The Hall–Kier alpha value is -1.51. The van der Waals surface area contributed by atoms with Crippen LogP contribution in [-0.2, 0) is 0 Å². The lowest BCUT2D eigenvalue weighted by Crippen LogP contribution is -1.97. The Morgan fingerprint density at radius 2 is 2.54 bits per heavy atom. The Morgan fingerprint density at radius 1 is 1.77 bits per heavy atom. The topological polar surface area (TPSA) is 42.1 Å². The van der Waals surface area contributed by atoms with Crippen LogP contribution in [0.25, 0.3) is 0 Å². The first-order valence-electron chi connectivity index (χ1n) is 4.14. The lowest BCUT2D eigenvalue weighted by Gasteiger charge is -1.93. The third-order valence-electron chi connectivity index (χ3n) is 1.77. The molecule has 0 fully saturated rings. The third-order valence-corrected chi connectivity index (χ3v) is 1.77. The standard InChI is InChI=1S/C10H13NO2/c1-3-4-5-10(12)9-6-8(13-2)7-11-9/h3,6-7,11H,1,4-5H2,2H3. The first kappa shape index (κ1) is 9.58. The number of nitrogens with one attached hydrogen (secondary N) is 1. The van der Waals surface area contributed by atoms with Crippen LogP contribution in [-0.4, -0.2) is 17.9 Å². The summed E-state index contributed by atoms with van der Waals surface area (Å²) in [6, 6.07) is 1.70. The van der Waals surface area contributed by atoms with Crippen molar-refractivity contribution in [3.8, 4) is 5.75 Å². The van der Waals surface area contributed by atoms with Crippen LogP contribution in [0.4, 0.5) is 0 Å². The fourth-order valence-electron chi connectivity index (χ4n) is 1.02. The summed E-state index contributed by atoms with van der Waals surface area (Å²) in [5.41, 5.74) is 0.596. The van der Waals surface area contributed by atoms with E-state index in [9.17, 15) is 4.79 Å². The molecule has 0 spiro atoms. The quantitative estimate of drug-likeness (QED) is 0.556. The number of aromatic nitrogens is 1. The summed E-state index contributed by atoms with van der Waals surface area (Å²) in [7, 11) is 1.57. The van der Waals surface area contributed by atoms with Gasteiger partial charge in [-0.15, -0.1) is 6.58 Å². The lowest BCUT2D eigenvalue weighted by atomic mass is 10.2. The molecule has 0 atom stereocenters. The number of H-pyrrole nitrogens is 1. The van der Waals surface area contributed by atoms with Gasteiger partial charge in [-0.3, -0.25) is 4.79 Å². The highest BCUT2D eigenvalue weighted by molar-refractivity contribution is 5.94. The van der Waals surface area contributed by atoms with E-state index in [-0.39, 0.29) is 5.78 Å². The van der Waals surface area contributed by atoms with Crippen molar-refractivity contribution >= 4 is 5.78 Å². The van der Waals surface area contributed by atoms with Crippen molar-refractivity contribution in [2.75, 3.05) is 7.11 Å². The number of methoxy groups -OCH3 is 1. The number of carbonyl (C=O) groups is 1. The lowest BCUT2D eigenvalue weighted by molar-refractivity contribution is 0.0979. The molecule has 0 bridgehead atoms. The Bertz CT molecular complexity index is 302. The van der Waals surface area contributed by atoms with Crippen LogP contribution in [0.15, 0.2) is 24.9 Å². The minimum absolute atomic E-state index is 0.0863. The first-order chi connectivity index (χ1) is 6.27. The molecule has 0 aliphatic heterocycles. The molecule has 0 aliphatic carbocycles. The molecular weight excluding hydrogens is 166 g/mol. The molecule has 3 heteroatoms. The molecule has 70 valence electrons. The Balaban J connectivity index is 2.60. The van der Waals surface area contributed by atoms with Gasteiger partial charge < -0.3 is 9.72 Å². The molecule has 0 saturated carbocycles. The zero-order valence-electron chi connectivity index (χ0n) is 7.67. The van der Waals surface area contributed by atoms with E-state index in [0.29, 0.717) is 24.3 Å². The van der Waals surface area contributed by atoms with Crippen molar-refractivity contribution in [2.24, 2.45) is 0 Å². The maximum atomic E-state index is 11.4. The second-order valence-electron chi connectivity index (χ2n) is 2.70. The number of carbonyl (C=O) groups excluding carboxylic acids is 1. The van der Waals surface area contributed by atoms with Crippen molar-refractivity contribution in [1.82, 2.24) is 4.98 Å². The molecule has 0 aromatic carbocycles. The molecular formula is C10H13NO2. The van der Waals surface area contributed by atoms with Crippen LogP contribution in [0.1, 0.15) is 23.3 Å². The minimum Gasteiger partial charge on any atom is -0.495 e. The summed E-state index contributed by atoms with van der Waals surface area (Å²) in [6.45, 7) is 3.56. The summed E-state index contributed by atoms with van der Waals surface area (Å²) >= 11 is 0. The highest BCUT2D eigenvalue weighted by Crippen LogP contribution is 2.13. The third kappa shape index (κ3) is 2.47. The molecule has 0 aliphatic rings. The number of aromatic amines is 1. The Morgan fingerprint density at radius 3 is 3.08 bits per heavy atom. The van der Waals surface area contributed by atoms with E-state index >= 15 is 0 Å². The summed E-state index contributed by atoms with van der Waals surface area (Å²) in [5.74, 6) is 0.769. The Labute approximate surface area is 77.4 Å². The number of ether oxygens (including phenoxy) is 1. The number of rotatable bonds is 5. The van der Waals surface area contributed by atoms with Gasteiger partial charge in [0.25, 0.3) is 0 Å². The molecule has 1 aromatic heterocycles. The van der Waals surface area contributed by atoms with E-state index in [1.807, 2.05) is 0 Å². The van der Waals surface area contributed by atoms with Crippen LogP contribution in [0.5, 0.6) is 5.75 Å². The zero-order chi connectivity index (χ0) is 9.68. The predicted molar refractivity (Wildman–Crippen MR) is 51.1 cm³/mol. The normalized spacial score (nSPS) is 9.62. The molecule has 1 heterocycles. The van der Waals surface area contributed by atoms with Crippen molar-refractivity contribution in [1.29, 1.82) is 0 Å². The molecule has 0 saturated heterocycles. The van der Waals surface area contributed by atoms with E-state index in [1.165, 1.54) is 0 Å². The number of hydrogen-bond donors (Lipinski definition) is 1. The van der Waals surface area contributed by atoms with Gasteiger partial charge in [0.1, 0.15) is 5.75 Å². The van der Waals surface area contributed by atoms with Crippen LogP contribution in [0, 0.1) is 0 Å². The molecule has 1 aromatic rings. The van der Waals surface area contributed by atoms with Gasteiger partial charge in [0, 0.05) is 18.7 Å². The molecule has 0 radical (unpaired) electrons. The maximum absolute atomic E-state index is 11.4. The van der Waals surface area contributed by atoms with E-state index < -0.39 is 0 Å². The maximum Gasteiger partial charge on any atom is 0.179 e. The largest absolute Gasteiger partial charge is 0.495 e. The molecule has 3 nitrogen and oxygen atoms in total. The van der Waals surface area contributed by atoms with Gasteiger partial charge in [0.15, 0.2) is 5.78 Å². The van der Waals surface area contributed by atoms with Gasteiger partial charge in [-0.1, -0.05) is 6.08 Å². The predicted octanol–water partition coefficient (Wildman–Crippen LogP) is 2.17. The Kier molecular flexibility index (Phi) is 3.31. The zero-order valence-corrected chi connectivity index (χ0v) is 7.67. The first-order valence-corrected chi connectivity index (χ1v) is 4.14. The van der Waals surface area contributed by atoms with Gasteiger partial charge in [-0.25, -0.2) is 0 Å². The SMILES string of the molecule is C=CCCC(=O)c1cc(OC)c[nH]1. The van der Waals surface area contributed by atoms with Gasteiger partial charge in [0.2, 0.25) is 0 Å². The average Bonchev–Trinajstić information content (AvgIpc) is 2.62. The number of hydrogen-bond acceptors (Lipinski definition) is 2. The minimum atomic E-state index is 0.0863. The van der Waals surface area contributed by atoms with E-state index in [4.69, 9.17) is 4.74 Å². The van der Waals surface area contributed by atoms with Crippen molar-refractivity contribution < 1.29 is 9.53 Å². The van der Waals surface area contributed by atoms with Crippen LogP contribution in [0.2, 0.25) is 0 Å². The second kappa shape index (κ2) is 4.50. The van der Waals surface area contributed by atoms with Crippen molar-refractivity contribution in [3.05, 3.63) is 30.6 Å². The summed E-state index contributed by atoms with van der Waals surface area (Å²) < 4.78 is 4.95. The smallest absolute Gasteiger partial charge is 0.179 e. The van der Waals surface area contributed by atoms with Gasteiger partial charge in [-0.05, 0) is 6.42 Å². The van der Waals surface area contributed by atoms with E-state index in [2.05, 4.69) is 11.6 Å².